The smallest absolute Gasteiger partial charge is 0.0785 e. The van der Waals surface area contributed by atoms with Crippen molar-refractivity contribution in [3.05, 3.63) is 17.4 Å². The van der Waals surface area contributed by atoms with Gasteiger partial charge in [0.2, 0.25) is 0 Å². The molecule has 0 bridgehead atoms. The van der Waals surface area contributed by atoms with Gasteiger partial charge in [0, 0.05) is 6.20 Å². The van der Waals surface area contributed by atoms with Gasteiger partial charge in [-0.05, 0) is 31.8 Å². The second-order valence-corrected chi connectivity index (χ2v) is 5.34. The zero-order valence-corrected chi connectivity index (χ0v) is 11.3. The number of hydrogen-bond donors (Lipinski definition) is 1. The standard InChI is InChI=1S/C12H22ClN3/c1-9(2)5-14-6-10(3)11(4)16-8-12(13)7-15-16/h7-11,14H,5-6H2,1-4H3. The van der Waals surface area contributed by atoms with E-state index in [2.05, 4.69) is 38.1 Å². The molecule has 0 spiro atoms. The molecular weight excluding hydrogens is 222 g/mol. The molecular formula is C12H22ClN3. The van der Waals surface area contributed by atoms with E-state index >= 15 is 0 Å². The first kappa shape index (κ1) is 13.5. The molecule has 1 N–H and O–H groups in total. The van der Waals surface area contributed by atoms with Crippen molar-refractivity contribution in [1.82, 2.24) is 15.1 Å². The highest BCUT2D eigenvalue weighted by Gasteiger charge is 2.14. The average molecular weight is 244 g/mol. The van der Waals surface area contributed by atoms with Gasteiger partial charge in [-0.1, -0.05) is 32.4 Å². The highest BCUT2D eigenvalue weighted by atomic mass is 35.5. The van der Waals surface area contributed by atoms with E-state index in [4.69, 9.17) is 11.6 Å². The topological polar surface area (TPSA) is 29.9 Å². The first-order valence-electron chi connectivity index (χ1n) is 5.91. The van der Waals surface area contributed by atoms with Crippen molar-refractivity contribution in [1.29, 1.82) is 0 Å². The van der Waals surface area contributed by atoms with E-state index in [1.165, 1.54) is 0 Å². The molecule has 0 aliphatic heterocycles. The third-order valence-corrected chi connectivity index (χ3v) is 3.02. The Labute approximate surface area is 103 Å². The van der Waals surface area contributed by atoms with Crippen LogP contribution in [0.15, 0.2) is 12.4 Å². The summed E-state index contributed by atoms with van der Waals surface area (Å²) in [5.41, 5.74) is 0. The van der Waals surface area contributed by atoms with Crippen molar-refractivity contribution in [3.63, 3.8) is 0 Å². The minimum absolute atomic E-state index is 0.368. The monoisotopic (exact) mass is 243 g/mol. The quantitative estimate of drug-likeness (QED) is 0.833. The molecule has 0 aliphatic rings. The van der Waals surface area contributed by atoms with Crippen molar-refractivity contribution in [2.75, 3.05) is 13.1 Å². The van der Waals surface area contributed by atoms with Gasteiger partial charge in [-0.3, -0.25) is 4.68 Å². The zero-order valence-electron chi connectivity index (χ0n) is 10.6. The van der Waals surface area contributed by atoms with E-state index in [0.29, 0.717) is 22.9 Å². The molecule has 0 fully saturated rings. The van der Waals surface area contributed by atoms with Crippen LogP contribution in [-0.4, -0.2) is 22.9 Å². The fraction of sp³-hybridized carbons (Fsp3) is 0.750. The average Bonchev–Trinajstić information content (AvgIpc) is 2.63. The van der Waals surface area contributed by atoms with Crippen LogP contribution in [0.25, 0.3) is 0 Å². The lowest BCUT2D eigenvalue weighted by Crippen LogP contribution is -2.29. The first-order chi connectivity index (χ1) is 7.50. The number of halogens is 1. The summed E-state index contributed by atoms with van der Waals surface area (Å²) in [5.74, 6) is 1.23. The molecule has 0 radical (unpaired) electrons. The van der Waals surface area contributed by atoms with Crippen LogP contribution in [0.4, 0.5) is 0 Å². The second-order valence-electron chi connectivity index (χ2n) is 4.91. The van der Waals surface area contributed by atoms with Crippen molar-refractivity contribution >= 4 is 11.6 Å². The summed E-state index contributed by atoms with van der Waals surface area (Å²) < 4.78 is 1.93. The van der Waals surface area contributed by atoms with Crippen molar-refractivity contribution < 1.29 is 0 Å². The Morgan fingerprint density at radius 2 is 2.00 bits per heavy atom. The molecule has 3 nitrogen and oxygen atoms in total. The molecule has 2 unspecified atom stereocenters. The van der Waals surface area contributed by atoms with Gasteiger partial charge in [0.05, 0.1) is 17.3 Å². The Bertz CT molecular complexity index is 309. The molecule has 16 heavy (non-hydrogen) atoms. The van der Waals surface area contributed by atoms with E-state index in [1.54, 1.807) is 6.20 Å². The molecule has 2 atom stereocenters. The van der Waals surface area contributed by atoms with Crippen LogP contribution in [0.1, 0.15) is 33.7 Å². The first-order valence-corrected chi connectivity index (χ1v) is 6.29. The van der Waals surface area contributed by atoms with Crippen molar-refractivity contribution in [2.45, 2.75) is 33.7 Å². The Hall–Kier alpha value is -0.540. The Morgan fingerprint density at radius 1 is 1.31 bits per heavy atom. The van der Waals surface area contributed by atoms with Gasteiger partial charge in [-0.25, -0.2) is 0 Å². The third kappa shape index (κ3) is 4.14. The molecule has 1 aromatic heterocycles. The molecule has 0 saturated heterocycles. The molecule has 0 amide bonds. The maximum absolute atomic E-state index is 5.86. The normalized spacial score (nSPS) is 15.4. The molecule has 1 heterocycles. The third-order valence-electron chi connectivity index (χ3n) is 2.83. The van der Waals surface area contributed by atoms with E-state index in [9.17, 15) is 0 Å². The zero-order chi connectivity index (χ0) is 12.1. The van der Waals surface area contributed by atoms with Crippen molar-refractivity contribution in [3.8, 4) is 0 Å². The number of hydrogen-bond acceptors (Lipinski definition) is 2. The van der Waals surface area contributed by atoms with Crippen LogP contribution < -0.4 is 5.32 Å². The predicted molar refractivity (Wildman–Crippen MR) is 68.8 cm³/mol. The van der Waals surface area contributed by atoms with Crippen molar-refractivity contribution in [2.24, 2.45) is 11.8 Å². The fourth-order valence-corrected chi connectivity index (χ4v) is 1.71. The highest BCUT2D eigenvalue weighted by molar-refractivity contribution is 6.30. The van der Waals surface area contributed by atoms with Gasteiger partial charge >= 0.3 is 0 Å². The summed E-state index contributed by atoms with van der Waals surface area (Å²) in [7, 11) is 0. The Morgan fingerprint density at radius 3 is 2.50 bits per heavy atom. The van der Waals surface area contributed by atoms with Crippen LogP contribution in [-0.2, 0) is 0 Å². The van der Waals surface area contributed by atoms with Crippen LogP contribution in [0.2, 0.25) is 5.02 Å². The van der Waals surface area contributed by atoms with Gasteiger partial charge < -0.3 is 5.32 Å². The van der Waals surface area contributed by atoms with E-state index in [-0.39, 0.29) is 0 Å². The Kier molecular flexibility index (Phi) is 5.29. The lowest BCUT2D eigenvalue weighted by Gasteiger charge is -2.21. The summed E-state index contributed by atoms with van der Waals surface area (Å²) in [6.45, 7) is 10.9. The number of nitrogens with zero attached hydrogens (tertiary/aromatic N) is 2. The summed E-state index contributed by atoms with van der Waals surface area (Å²) >= 11 is 5.86. The molecule has 92 valence electrons. The minimum atomic E-state index is 0.368. The summed E-state index contributed by atoms with van der Waals surface area (Å²) in [4.78, 5) is 0. The molecule has 0 aromatic carbocycles. The largest absolute Gasteiger partial charge is 0.316 e. The lowest BCUT2D eigenvalue weighted by atomic mass is 10.0. The molecule has 1 aromatic rings. The van der Waals surface area contributed by atoms with Gasteiger partial charge in [-0.15, -0.1) is 0 Å². The molecule has 1 rings (SSSR count). The maximum Gasteiger partial charge on any atom is 0.0785 e. The maximum atomic E-state index is 5.86. The van der Waals surface area contributed by atoms with Crippen LogP contribution >= 0.6 is 11.6 Å². The second kappa shape index (κ2) is 6.26. The van der Waals surface area contributed by atoms with E-state index in [1.807, 2.05) is 10.9 Å². The molecule has 0 aliphatic carbocycles. The fourth-order valence-electron chi connectivity index (χ4n) is 1.57. The molecule has 4 heteroatoms. The summed E-state index contributed by atoms with van der Waals surface area (Å²) in [6.07, 6.45) is 3.57. The van der Waals surface area contributed by atoms with Gasteiger partial charge in [0.1, 0.15) is 0 Å². The summed E-state index contributed by atoms with van der Waals surface area (Å²) in [6, 6.07) is 0.368. The van der Waals surface area contributed by atoms with Crippen LogP contribution in [0, 0.1) is 11.8 Å². The highest BCUT2D eigenvalue weighted by Crippen LogP contribution is 2.18. The lowest BCUT2D eigenvalue weighted by molar-refractivity contribution is 0.332. The van der Waals surface area contributed by atoms with Gasteiger partial charge in [0.15, 0.2) is 0 Å². The van der Waals surface area contributed by atoms with Crippen LogP contribution in [0.3, 0.4) is 0 Å². The SMILES string of the molecule is CC(C)CNCC(C)C(C)n1cc(Cl)cn1. The van der Waals surface area contributed by atoms with Gasteiger partial charge in [-0.2, -0.15) is 5.10 Å². The van der Waals surface area contributed by atoms with Crippen LogP contribution in [0.5, 0.6) is 0 Å². The number of aromatic nitrogens is 2. The Balaban J connectivity index is 2.38. The molecule has 0 saturated carbocycles. The predicted octanol–water partition coefficient (Wildman–Crippen LogP) is 2.98. The number of rotatable bonds is 6. The minimum Gasteiger partial charge on any atom is -0.316 e. The van der Waals surface area contributed by atoms with Gasteiger partial charge in [0.25, 0.3) is 0 Å². The van der Waals surface area contributed by atoms with E-state index in [0.717, 1.165) is 13.1 Å². The number of nitrogens with one attached hydrogen (secondary N) is 1. The van der Waals surface area contributed by atoms with E-state index < -0.39 is 0 Å². The summed E-state index contributed by atoms with van der Waals surface area (Å²) in [5, 5.41) is 8.41.